The molecule has 0 bridgehead atoms. The van der Waals surface area contributed by atoms with E-state index in [1.165, 1.54) is 10.0 Å². The second-order valence-electron chi connectivity index (χ2n) is 5.68. The summed E-state index contributed by atoms with van der Waals surface area (Å²) in [5.74, 6) is 3.93. The van der Waals surface area contributed by atoms with Crippen molar-refractivity contribution in [1.82, 2.24) is 31.2 Å². The van der Waals surface area contributed by atoms with Crippen molar-refractivity contribution in [3.05, 3.63) is 33.2 Å². The molecule has 0 saturated heterocycles. The Hall–Kier alpha value is -0.660. The third-order valence-electron chi connectivity index (χ3n) is 3.41. The summed E-state index contributed by atoms with van der Waals surface area (Å²) in [5.41, 5.74) is 0. The maximum Gasteiger partial charge on any atom is 0.166 e. The van der Waals surface area contributed by atoms with Crippen molar-refractivity contribution in [1.29, 1.82) is 0 Å². The van der Waals surface area contributed by atoms with Gasteiger partial charge in [0.2, 0.25) is 0 Å². The molecule has 0 spiro atoms. The van der Waals surface area contributed by atoms with E-state index in [1.807, 2.05) is 46.7 Å². The summed E-state index contributed by atoms with van der Waals surface area (Å²) in [6.07, 6.45) is 4.64. The van der Waals surface area contributed by atoms with E-state index in [2.05, 4.69) is 31.2 Å². The Labute approximate surface area is 199 Å². The minimum absolute atomic E-state index is 0.706. The number of aromatic nitrogens is 2. The number of hydrogen-bond donors (Lipinski definition) is 4. The minimum Gasteiger partial charge on any atom is -0.363 e. The molecule has 2 aromatic rings. The lowest BCUT2D eigenvalue weighted by Gasteiger charge is -2.12. The molecular weight excluding hydrogens is 481 g/mol. The number of hydrogen-bond acceptors (Lipinski definition) is 8. The van der Waals surface area contributed by atoms with Crippen LogP contribution in [0.1, 0.15) is 16.4 Å². The maximum atomic E-state index is 5.29. The van der Waals surface area contributed by atoms with Gasteiger partial charge >= 0.3 is 0 Å². The lowest BCUT2D eigenvalue weighted by atomic mass is 10.4. The molecule has 2 rings (SSSR count). The monoisotopic (exact) mass is 506 g/mol. The highest BCUT2D eigenvalue weighted by Gasteiger charge is 1.99. The molecule has 0 aliphatic rings. The standard InChI is InChI=1S/C17H26N6S6/c24-16(22-4-8-26-12-14-18-6-10-28-14)20-2-1-3-21-17(25)23-5-9-27-13-15-19-7-11-29-15/h6-7,10-11H,1-5,8-9,12-13H2,(H2,20,22,24)(H2,21,23,25). The minimum atomic E-state index is 0.706. The van der Waals surface area contributed by atoms with Crippen molar-refractivity contribution in [2.24, 2.45) is 0 Å². The van der Waals surface area contributed by atoms with Gasteiger partial charge in [0.15, 0.2) is 10.2 Å². The van der Waals surface area contributed by atoms with Gasteiger partial charge in [0.1, 0.15) is 10.0 Å². The van der Waals surface area contributed by atoms with Crippen LogP contribution in [-0.2, 0) is 11.5 Å². The highest BCUT2D eigenvalue weighted by atomic mass is 32.2. The Morgan fingerprint density at radius 2 is 1.21 bits per heavy atom. The lowest BCUT2D eigenvalue weighted by molar-refractivity contribution is 0.726. The van der Waals surface area contributed by atoms with Gasteiger partial charge < -0.3 is 21.3 Å². The van der Waals surface area contributed by atoms with Crippen LogP contribution in [0.5, 0.6) is 0 Å². The third kappa shape index (κ3) is 12.6. The average molecular weight is 507 g/mol. The molecule has 6 nitrogen and oxygen atoms in total. The van der Waals surface area contributed by atoms with Gasteiger partial charge in [-0.3, -0.25) is 0 Å². The van der Waals surface area contributed by atoms with Crippen LogP contribution in [-0.4, -0.2) is 57.9 Å². The molecule has 0 atom stereocenters. The van der Waals surface area contributed by atoms with Crippen LogP contribution in [0.25, 0.3) is 0 Å². The molecule has 0 amide bonds. The van der Waals surface area contributed by atoms with Crippen molar-refractivity contribution in [2.75, 3.05) is 37.7 Å². The summed E-state index contributed by atoms with van der Waals surface area (Å²) in [4.78, 5) is 8.54. The third-order valence-corrected chi connectivity index (χ3v) is 7.85. The van der Waals surface area contributed by atoms with Crippen molar-refractivity contribution in [3.63, 3.8) is 0 Å². The van der Waals surface area contributed by atoms with Crippen molar-refractivity contribution >= 4 is 80.9 Å². The summed E-state index contributed by atoms with van der Waals surface area (Å²) < 4.78 is 0. The highest BCUT2D eigenvalue weighted by Crippen LogP contribution is 2.14. The summed E-state index contributed by atoms with van der Waals surface area (Å²) in [6.45, 7) is 3.35. The molecule has 0 fully saturated rings. The van der Waals surface area contributed by atoms with Gasteiger partial charge in [-0.25, -0.2) is 9.97 Å². The lowest BCUT2D eigenvalue weighted by Crippen LogP contribution is -2.40. The van der Waals surface area contributed by atoms with E-state index in [1.54, 1.807) is 22.7 Å². The highest BCUT2D eigenvalue weighted by molar-refractivity contribution is 7.98. The topological polar surface area (TPSA) is 73.9 Å². The van der Waals surface area contributed by atoms with Crippen LogP contribution in [0.3, 0.4) is 0 Å². The molecule has 2 aromatic heterocycles. The first-order valence-electron chi connectivity index (χ1n) is 9.19. The average Bonchev–Trinajstić information content (AvgIpc) is 3.41. The molecule has 0 radical (unpaired) electrons. The quantitative estimate of drug-likeness (QED) is 0.227. The summed E-state index contributed by atoms with van der Waals surface area (Å²) >= 11 is 17.7. The maximum absolute atomic E-state index is 5.29. The molecule has 0 aliphatic carbocycles. The van der Waals surface area contributed by atoms with Crippen LogP contribution in [0.15, 0.2) is 23.2 Å². The van der Waals surface area contributed by atoms with Gasteiger partial charge in [0, 0.05) is 72.3 Å². The smallest absolute Gasteiger partial charge is 0.166 e. The SMILES string of the molecule is S=C(NCCCNC(=S)NCCSCc1nccs1)NCCSCc1nccs1. The molecule has 12 heteroatoms. The van der Waals surface area contributed by atoms with Gasteiger partial charge in [0.25, 0.3) is 0 Å². The number of thioether (sulfide) groups is 2. The largest absolute Gasteiger partial charge is 0.363 e. The second kappa shape index (κ2) is 16.1. The molecule has 0 saturated carbocycles. The van der Waals surface area contributed by atoms with Gasteiger partial charge in [-0.2, -0.15) is 23.5 Å². The molecular formula is C17H26N6S6. The van der Waals surface area contributed by atoms with Crippen LogP contribution in [0.4, 0.5) is 0 Å². The molecule has 2 heterocycles. The van der Waals surface area contributed by atoms with E-state index in [0.717, 1.165) is 55.6 Å². The van der Waals surface area contributed by atoms with Gasteiger partial charge in [-0.15, -0.1) is 22.7 Å². The Balaban J connectivity index is 1.33. The van der Waals surface area contributed by atoms with Crippen molar-refractivity contribution in [2.45, 2.75) is 17.9 Å². The van der Waals surface area contributed by atoms with Gasteiger partial charge in [0.05, 0.1) is 0 Å². The zero-order valence-electron chi connectivity index (χ0n) is 16.0. The molecule has 4 N–H and O–H groups in total. The Bertz CT molecular complexity index is 620. The Kier molecular flexibility index (Phi) is 13.6. The number of nitrogens with one attached hydrogen (secondary N) is 4. The Morgan fingerprint density at radius 1 is 0.759 bits per heavy atom. The van der Waals surface area contributed by atoms with E-state index >= 15 is 0 Å². The fourth-order valence-electron chi connectivity index (χ4n) is 2.06. The predicted molar refractivity (Wildman–Crippen MR) is 138 cm³/mol. The number of thiocarbonyl (C=S) groups is 2. The normalized spacial score (nSPS) is 10.5. The van der Waals surface area contributed by atoms with Crippen molar-refractivity contribution in [3.8, 4) is 0 Å². The van der Waals surface area contributed by atoms with E-state index in [4.69, 9.17) is 24.4 Å². The van der Waals surface area contributed by atoms with Crippen molar-refractivity contribution < 1.29 is 0 Å². The Morgan fingerprint density at radius 3 is 1.62 bits per heavy atom. The molecule has 0 aliphatic heterocycles. The zero-order chi connectivity index (χ0) is 20.6. The second-order valence-corrected chi connectivity index (χ2v) is 10.7. The molecule has 0 unspecified atom stereocenters. The van der Waals surface area contributed by atoms with E-state index in [-0.39, 0.29) is 0 Å². The summed E-state index contributed by atoms with van der Waals surface area (Å²) in [7, 11) is 0. The summed E-state index contributed by atoms with van der Waals surface area (Å²) in [6, 6.07) is 0. The van der Waals surface area contributed by atoms with Gasteiger partial charge in [-0.05, 0) is 30.9 Å². The van der Waals surface area contributed by atoms with Crippen LogP contribution < -0.4 is 21.3 Å². The molecule has 160 valence electrons. The van der Waals surface area contributed by atoms with E-state index in [0.29, 0.717) is 10.2 Å². The van der Waals surface area contributed by atoms with Gasteiger partial charge in [-0.1, -0.05) is 0 Å². The van der Waals surface area contributed by atoms with Crippen LogP contribution in [0.2, 0.25) is 0 Å². The molecule has 0 aromatic carbocycles. The summed E-state index contributed by atoms with van der Waals surface area (Å²) in [5, 5.41) is 20.7. The van der Waals surface area contributed by atoms with Crippen LogP contribution >= 0.6 is 70.6 Å². The number of rotatable bonds is 14. The van der Waals surface area contributed by atoms with E-state index < -0.39 is 0 Å². The first-order chi connectivity index (χ1) is 14.2. The molecule has 29 heavy (non-hydrogen) atoms. The first kappa shape index (κ1) is 24.6. The van der Waals surface area contributed by atoms with Crippen LogP contribution in [0, 0.1) is 0 Å². The predicted octanol–water partition coefficient (Wildman–Crippen LogP) is 3.08. The number of thiazole rings is 2. The number of nitrogens with zero attached hydrogens (tertiary/aromatic N) is 2. The zero-order valence-corrected chi connectivity index (χ0v) is 20.9. The van der Waals surface area contributed by atoms with E-state index in [9.17, 15) is 0 Å². The fraction of sp³-hybridized carbons (Fsp3) is 0.529. The first-order valence-corrected chi connectivity index (χ1v) is 14.1. The fourth-order valence-corrected chi connectivity index (χ4v) is 5.59.